The van der Waals surface area contributed by atoms with E-state index in [1.807, 2.05) is 6.92 Å². The summed E-state index contributed by atoms with van der Waals surface area (Å²) in [6.45, 7) is 0.416. The highest BCUT2D eigenvalue weighted by Crippen LogP contribution is 2.30. The molecule has 0 aliphatic carbocycles. The molecule has 0 saturated heterocycles. The summed E-state index contributed by atoms with van der Waals surface area (Å²) in [7, 11) is 1.57. The molecular weight excluding hydrogens is 410 g/mol. The Morgan fingerprint density at radius 3 is 2.53 bits per heavy atom. The van der Waals surface area contributed by atoms with E-state index in [1.165, 1.54) is 6.07 Å². The van der Waals surface area contributed by atoms with Gasteiger partial charge in [-0.25, -0.2) is 27.5 Å². The third kappa shape index (κ3) is 7.89. The molecule has 0 saturated carbocycles. The van der Waals surface area contributed by atoms with E-state index in [4.69, 9.17) is 15.2 Å². The van der Waals surface area contributed by atoms with Gasteiger partial charge in [-0.1, -0.05) is 0 Å². The van der Waals surface area contributed by atoms with Crippen LogP contribution in [-0.2, 0) is 9.53 Å². The minimum atomic E-state index is -1.75. The fourth-order valence-corrected chi connectivity index (χ4v) is 2.25. The molecule has 2 heterocycles. The van der Waals surface area contributed by atoms with E-state index in [-0.39, 0.29) is 23.9 Å². The van der Waals surface area contributed by atoms with Gasteiger partial charge in [0.1, 0.15) is 0 Å². The monoisotopic (exact) mass is 431 g/mol. The molecule has 1 aromatic carbocycles. The van der Waals surface area contributed by atoms with Gasteiger partial charge in [0.25, 0.3) is 6.02 Å². The zero-order valence-corrected chi connectivity index (χ0v) is 16.2. The molecule has 3 rings (SSSR count). The Balaban J connectivity index is 0.000000313. The van der Waals surface area contributed by atoms with Crippen LogP contribution in [0.5, 0.6) is 5.88 Å². The maximum Gasteiger partial charge on any atom is 0.282 e. The van der Waals surface area contributed by atoms with E-state index in [0.29, 0.717) is 18.7 Å². The first kappa shape index (κ1) is 24.6. The van der Waals surface area contributed by atoms with Gasteiger partial charge in [-0.3, -0.25) is 9.78 Å². The van der Waals surface area contributed by atoms with Gasteiger partial charge in [-0.15, -0.1) is 0 Å². The highest BCUT2D eigenvalue weighted by molar-refractivity contribution is 5.73. The third-order valence-electron chi connectivity index (χ3n) is 3.53. The van der Waals surface area contributed by atoms with Gasteiger partial charge >= 0.3 is 0 Å². The number of aliphatic imine (C=N–C) groups is 1. The van der Waals surface area contributed by atoms with Crippen LogP contribution in [0.25, 0.3) is 0 Å². The fraction of sp³-hybridized carbons (Fsp3) is 0.333. The molecule has 164 valence electrons. The number of hydrogen-bond donors (Lipinski definition) is 2. The summed E-state index contributed by atoms with van der Waals surface area (Å²) in [5.41, 5.74) is 6.50. The number of benzene rings is 1. The topological polar surface area (TPSA) is 112 Å². The molecule has 1 aromatic heterocycles. The Hall–Kier alpha value is -3.44. The van der Waals surface area contributed by atoms with Crippen molar-refractivity contribution in [2.45, 2.75) is 19.4 Å². The maximum absolute atomic E-state index is 13.7. The van der Waals surface area contributed by atoms with Crippen LogP contribution in [0, 0.1) is 18.6 Å². The first-order chi connectivity index (χ1) is 14.4. The predicted molar refractivity (Wildman–Crippen MR) is 101 cm³/mol. The molecule has 1 unspecified atom stereocenters. The van der Waals surface area contributed by atoms with Gasteiger partial charge in [0.2, 0.25) is 19.2 Å². The summed E-state index contributed by atoms with van der Waals surface area (Å²) in [4.78, 5) is 22.1. The van der Waals surface area contributed by atoms with Crippen molar-refractivity contribution in [2.24, 2.45) is 10.7 Å². The Bertz CT molecular complexity index is 837. The summed E-state index contributed by atoms with van der Waals surface area (Å²) < 4.78 is 56.0. The van der Waals surface area contributed by atoms with Crippen molar-refractivity contribution >= 4 is 18.1 Å². The first-order valence-electron chi connectivity index (χ1n) is 8.46. The standard InChI is InChI=1S/C11H11F2N3O2.C6H8N2O.CH2F2/c12-8-4-6(15-5-17)3-7(10(8)13)9-1-2-18-11(14)16-9;1-5-3-8-6(9-2)4-7-5;2-1-3/h3-5,9H,1-2H2,(H2,14,16)(H,15,17);3-4H,1-2H3;1H2. The summed E-state index contributed by atoms with van der Waals surface area (Å²) >= 11 is 0. The number of carbonyl (C=O) groups is 1. The Morgan fingerprint density at radius 2 is 2.00 bits per heavy atom. The SMILES string of the molecule is COc1cnc(C)cn1.FCF.NC1=NC(c2cc(NC=O)cc(F)c2F)CCO1. The largest absolute Gasteiger partial charge is 0.480 e. The quantitative estimate of drug-likeness (QED) is 0.569. The summed E-state index contributed by atoms with van der Waals surface area (Å²) in [5.74, 6) is -1.48. The highest BCUT2D eigenvalue weighted by atomic mass is 19.3. The third-order valence-corrected chi connectivity index (χ3v) is 3.53. The van der Waals surface area contributed by atoms with Crippen LogP contribution in [0.3, 0.4) is 0 Å². The molecular formula is C18H21F4N5O3. The van der Waals surface area contributed by atoms with E-state index in [1.54, 1.807) is 19.5 Å². The van der Waals surface area contributed by atoms with Gasteiger partial charge in [0.05, 0.1) is 37.8 Å². The summed E-state index contributed by atoms with van der Waals surface area (Å²) in [6.07, 6.45) is 4.04. The molecule has 1 aliphatic heterocycles. The Kier molecular flexibility index (Phi) is 10.6. The molecule has 8 nitrogen and oxygen atoms in total. The number of methoxy groups -OCH3 is 1. The first-order valence-corrected chi connectivity index (χ1v) is 8.46. The van der Waals surface area contributed by atoms with Gasteiger partial charge in [-0.2, -0.15) is 0 Å². The van der Waals surface area contributed by atoms with Crippen LogP contribution in [0.4, 0.5) is 23.2 Å². The molecule has 1 amide bonds. The van der Waals surface area contributed by atoms with E-state index in [2.05, 4.69) is 20.3 Å². The Labute approximate surface area is 170 Å². The molecule has 30 heavy (non-hydrogen) atoms. The van der Waals surface area contributed by atoms with Gasteiger partial charge in [0, 0.05) is 23.7 Å². The number of amidine groups is 1. The normalized spacial score (nSPS) is 14.6. The molecule has 3 N–H and O–H groups in total. The number of halogens is 4. The number of amides is 1. The lowest BCUT2D eigenvalue weighted by Crippen LogP contribution is -2.24. The average Bonchev–Trinajstić information content (AvgIpc) is 2.72. The molecule has 0 bridgehead atoms. The second kappa shape index (κ2) is 12.9. The van der Waals surface area contributed by atoms with E-state index in [9.17, 15) is 22.4 Å². The summed E-state index contributed by atoms with van der Waals surface area (Å²) in [5, 5.41) is 2.27. The molecule has 0 spiro atoms. The number of nitrogens with zero attached hydrogens (tertiary/aromatic N) is 3. The maximum atomic E-state index is 13.7. The molecule has 12 heteroatoms. The zero-order chi connectivity index (χ0) is 22.5. The number of ether oxygens (including phenoxy) is 2. The van der Waals surface area contributed by atoms with Gasteiger partial charge in [-0.05, 0) is 13.0 Å². The van der Waals surface area contributed by atoms with Crippen molar-refractivity contribution in [3.05, 3.63) is 47.4 Å². The number of rotatable bonds is 4. The van der Waals surface area contributed by atoms with Gasteiger partial charge < -0.3 is 20.5 Å². The van der Waals surface area contributed by atoms with E-state index < -0.39 is 24.6 Å². The number of aromatic nitrogens is 2. The fourth-order valence-electron chi connectivity index (χ4n) is 2.25. The van der Waals surface area contributed by atoms with Gasteiger partial charge in [0.15, 0.2) is 11.6 Å². The highest BCUT2D eigenvalue weighted by Gasteiger charge is 2.22. The van der Waals surface area contributed by atoms with Crippen molar-refractivity contribution in [1.29, 1.82) is 0 Å². The average molecular weight is 431 g/mol. The van der Waals surface area contributed by atoms with Crippen LogP contribution >= 0.6 is 0 Å². The number of carbonyl (C=O) groups excluding carboxylic acids is 1. The molecule has 1 aliphatic rings. The van der Waals surface area contributed by atoms with Crippen LogP contribution < -0.4 is 15.8 Å². The lowest BCUT2D eigenvalue weighted by atomic mass is 10.0. The van der Waals surface area contributed by atoms with Crippen molar-refractivity contribution in [3.63, 3.8) is 0 Å². The summed E-state index contributed by atoms with van der Waals surface area (Å²) in [6, 6.07) is 1.57. The Morgan fingerprint density at radius 1 is 1.30 bits per heavy atom. The minimum absolute atomic E-state index is 0.0469. The number of nitrogens with two attached hydrogens (primary N) is 1. The predicted octanol–water partition coefficient (Wildman–Crippen LogP) is 2.99. The second-order valence-corrected chi connectivity index (χ2v) is 5.54. The second-order valence-electron chi connectivity index (χ2n) is 5.54. The van der Waals surface area contributed by atoms with Crippen LogP contribution in [0.1, 0.15) is 23.7 Å². The number of aryl methyl sites for hydroxylation is 1. The van der Waals surface area contributed by atoms with E-state index in [0.717, 1.165) is 11.8 Å². The van der Waals surface area contributed by atoms with E-state index >= 15 is 0 Å². The molecule has 0 radical (unpaired) electrons. The van der Waals surface area contributed by atoms with Crippen LogP contribution in [-0.4, -0.2) is 43.0 Å². The number of anilines is 1. The number of nitrogens with one attached hydrogen (secondary N) is 1. The lowest BCUT2D eigenvalue weighted by Gasteiger charge is -2.20. The van der Waals surface area contributed by atoms with Crippen molar-refractivity contribution in [2.75, 3.05) is 26.0 Å². The number of hydrogen-bond acceptors (Lipinski definition) is 7. The van der Waals surface area contributed by atoms with Crippen molar-refractivity contribution in [1.82, 2.24) is 9.97 Å². The van der Waals surface area contributed by atoms with Crippen molar-refractivity contribution < 1.29 is 31.8 Å². The molecule has 2 aromatic rings. The smallest absolute Gasteiger partial charge is 0.282 e. The molecule has 1 atom stereocenters. The zero-order valence-electron chi connectivity index (χ0n) is 16.2. The molecule has 0 fully saturated rings. The van der Waals surface area contributed by atoms with Crippen molar-refractivity contribution in [3.8, 4) is 5.88 Å². The number of alkyl halides is 2. The van der Waals surface area contributed by atoms with Crippen LogP contribution in [0.2, 0.25) is 0 Å². The lowest BCUT2D eigenvalue weighted by molar-refractivity contribution is -0.105. The minimum Gasteiger partial charge on any atom is -0.480 e. The van der Waals surface area contributed by atoms with Crippen LogP contribution in [0.15, 0.2) is 29.5 Å².